The molecule has 0 aliphatic carbocycles. The van der Waals surface area contributed by atoms with E-state index in [9.17, 15) is 9.90 Å². The Kier molecular flexibility index (Phi) is 5.39. The van der Waals surface area contributed by atoms with Gasteiger partial charge >= 0.3 is 5.97 Å². The predicted octanol–water partition coefficient (Wildman–Crippen LogP) is 2.77. The SMILES string of the molecule is CCOC(=O)/C=C1/C=C[C@@](C)([C@@H](O)CCc2ccccc2)O1. The summed E-state index contributed by atoms with van der Waals surface area (Å²) in [6, 6.07) is 10.0. The molecule has 1 N–H and O–H groups in total. The van der Waals surface area contributed by atoms with Gasteiger partial charge in [0.1, 0.15) is 5.76 Å². The van der Waals surface area contributed by atoms with E-state index in [1.807, 2.05) is 37.3 Å². The molecule has 0 aromatic heterocycles. The Morgan fingerprint density at radius 2 is 2.14 bits per heavy atom. The van der Waals surface area contributed by atoms with E-state index in [2.05, 4.69) is 0 Å². The molecule has 0 spiro atoms. The molecule has 0 saturated heterocycles. The molecule has 1 aliphatic heterocycles. The van der Waals surface area contributed by atoms with E-state index in [4.69, 9.17) is 9.47 Å². The smallest absolute Gasteiger partial charge is 0.334 e. The third-order valence-electron chi connectivity index (χ3n) is 3.67. The van der Waals surface area contributed by atoms with Crippen LogP contribution >= 0.6 is 0 Å². The van der Waals surface area contributed by atoms with Crippen molar-refractivity contribution in [3.63, 3.8) is 0 Å². The van der Waals surface area contributed by atoms with Gasteiger partial charge in [-0.3, -0.25) is 0 Å². The molecule has 1 aromatic rings. The van der Waals surface area contributed by atoms with Gasteiger partial charge in [-0.25, -0.2) is 4.79 Å². The van der Waals surface area contributed by atoms with Gasteiger partial charge in [0.05, 0.1) is 18.8 Å². The van der Waals surface area contributed by atoms with Crippen LogP contribution in [0.1, 0.15) is 25.8 Å². The van der Waals surface area contributed by atoms with E-state index in [0.29, 0.717) is 18.8 Å². The highest BCUT2D eigenvalue weighted by atomic mass is 16.5. The van der Waals surface area contributed by atoms with E-state index in [0.717, 1.165) is 6.42 Å². The molecule has 0 bridgehead atoms. The van der Waals surface area contributed by atoms with E-state index >= 15 is 0 Å². The molecule has 22 heavy (non-hydrogen) atoms. The highest BCUT2D eigenvalue weighted by Gasteiger charge is 2.36. The zero-order chi connectivity index (χ0) is 16.0. The number of hydrogen-bond donors (Lipinski definition) is 1. The second kappa shape index (κ2) is 7.27. The molecule has 4 heteroatoms. The molecule has 1 heterocycles. The average Bonchev–Trinajstić information content (AvgIpc) is 2.88. The first kappa shape index (κ1) is 16.3. The number of rotatable bonds is 6. The minimum atomic E-state index is -0.812. The van der Waals surface area contributed by atoms with Crippen molar-refractivity contribution in [2.45, 2.75) is 38.4 Å². The van der Waals surface area contributed by atoms with Crippen LogP contribution in [0.15, 0.2) is 54.3 Å². The first-order valence-corrected chi connectivity index (χ1v) is 7.52. The van der Waals surface area contributed by atoms with Crippen LogP contribution in [-0.2, 0) is 20.7 Å². The molecular formula is C18H22O4. The zero-order valence-corrected chi connectivity index (χ0v) is 13.0. The summed E-state index contributed by atoms with van der Waals surface area (Å²) >= 11 is 0. The van der Waals surface area contributed by atoms with Crippen LogP contribution in [0.3, 0.4) is 0 Å². The molecule has 1 aromatic carbocycles. The second-order valence-corrected chi connectivity index (χ2v) is 5.46. The molecule has 4 nitrogen and oxygen atoms in total. The molecule has 2 atom stereocenters. The molecule has 1 aliphatic rings. The number of hydrogen-bond acceptors (Lipinski definition) is 4. The van der Waals surface area contributed by atoms with Gasteiger partial charge in [0.15, 0.2) is 5.60 Å². The fourth-order valence-corrected chi connectivity index (χ4v) is 2.36. The molecule has 0 amide bonds. The van der Waals surface area contributed by atoms with Gasteiger partial charge in [0, 0.05) is 0 Å². The summed E-state index contributed by atoms with van der Waals surface area (Å²) in [5.74, 6) is -0.0233. The summed E-state index contributed by atoms with van der Waals surface area (Å²) < 4.78 is 10.6. The number of aryl methyl sites for hydroxylation is 1. The first-order valence-electron chi connectivity index (χ1n) is 7.52. The summed E-state index contributed by atoms with van der Waals surface area (Å²) in [6.45, 7) is 3.88. The van der Waals surface area contributed by atoms with Gasteiger partial charge in [-0.05, 0) is 44.4 Å². The van der Waals surface area contributed by atoms with Crippen LogP contribution in [0, 0.1) is 0 Å². The Morgan fingerprint density at radius 3 is 2.82 bits per heavy atom. The summed E-state index contributed by atoms with van der Waals surface area (Å²) in [4.78, 5) is 11.4. The van der Waals surface area contributed by atoms with Crippen molar-refractivity contribution in [3.05, 3.63) is 59.9 Å². The third-order valence-corrected chi connectivity index (χ3v) is 3.67. The van der Waals surface area contributed by atoms with Crippen molar-refractivity contribution in [1.82, 2.24) is 0 Å². The number of esters is 1. The van der Waals surface area contributed by atoms with Crippen molar-refractivity contribution in [3.8, 4) is 0 Å². The average molecular weight is 302 g/mol. The number of allylic oxidation sites excluding steroid dienone is 1. The lowest BCUT2D eigenvalue weighted by atomic mass is 9.94. The quantitative estimate of drug-likeness (QED) is 0.648. The van der Waals surface area contributed by atoms with Crippen LogP contribution in [-0.4, -0.2) is 29.4 Å². The molecule has 0 unspecified atom stereocenters. The van der Waals surface area contributed by atoms with Gasteiger partial charge in [-0.2, -0.15) is 0 Å². The third kappa shape index (κ3) is 4.21. The van der Waals surface area contributed by atoms with Crippen LogP contribution < -0.4 is 0 Å². The molecule has 0 fully saturated rings. The van der Waals surface area contributed by atoms with Crippen molar-refractivity contribution in [2.24, 2.45) is 0 Å². The topological polar surface area (TPSA) is 55.8 Å². The number of carbonyl (C=O) groups excluding carboxylic acids is 1. The van der Waals surface area contributed by atoms with Crippen molar-refractivity contribution in [2.75, 3.05) is 6.61 Å². The summed E-state index contributed by atoms with van der Waals surface area (Å²) in [7, 11) is 0. The summed E-state index contributed by atoms with van der Waals surface area (Å²) in [6.07, 6.45) is 5.48. The van der Waals surface area contributed by atoms with Gasteiger partial charge < -0.3 is 14.6 Å². The minimum absolute atomic E-state index is 0.323. The van der Waals surface area contributed by atoms with Gasteiger partial charge in [-0.1, -0.05) is 30.3 Å². The normalized spacial score (nSPS) is 23.3. The van der Waals surface area contributed by atoms with Gasteiger partial charge in [-0.15, -0.1) is 0 Å². The Hall–Kier alpha value is -2.07. The number of ether oxygens (including phenoxy) is 2. The molecular weight excluding hydrogens is 280 g/mol. The molecule has 0 radical (unpaired) electrons. The van der Waals surface area contributed by atoms with Crippen molar-refractivity contribution in [1.29, 1.82) is 0 Å². The highest BCUT2D eigenvalue weighted by molar-refractivity contribution is 5.83. The lowest BCUT2D eigenvalue weighted by molar-refractivity contribution is -0.137. The van der Waals surface area contributed by atoms with Crippen LogP contribution in [0.2, 0.25) is 0 Å². The van der Waals surface area contributed by atoms with Crippen molar-refractivity contribution < 1.29 is 19.4 Å². The second-order valence-electron chi connectivity index (χ2n) is 5.46. The first-order chi connectivity index (χ1) is 10.5. The number of benzene rings is 1. The summed E-state index contributed by atoms with van der Waals surface area (Å²) in [5.41, 5.74) is 0.363. The van der Waals surface area contributed by atoms with E-state index in [-0.39, 0.29) is 0 Å². The lowest BCUT2D eigenvalue weighted by Gasteiger charge is -2.28. The van der Waals surface area contributed by atoms with E-state index < -0.39 is 17.7 Å². The van der Waals surface area contributed by atoms with Crippen molar-refractivity contribution >= 4 is 5.97 Å². The lowest BCUT2D eigenvalue weighted by Crippen LogP contribution is -2.38. The largest absolute Gasteiger partial charge is 0.481 e. The predicted molar refractivity (Wildman–Crippen MR) is 84.1 cm³/mol. The van der Waals surface area contributed by atoms with Crippen LogP contribution in [0.5, 0.6) is 0 Å². The van der Waals surface area contributed by atoms with Crippen LogP contribution in [0.4, 0.5) is 0 Å². The van der Waals surface area contributed by atoms with Gasteiger partial charge in [0.2, 0.25) is 0 Å². The number of aliphatic hydroxyl groups excluding tert-OH is 1. The standard InChI is InChI=1S/C18H22O4/c1-3-21-17(20)13-15-11-12-18(2,22-15)16(19)10-9-14-7-5-4-6-8-14/h4-8,11-13,16,19H,3,9-10H2,1-2H3/b15-13-/t16-,18-/m0/s1. The zero-order valence-electron chi connectivity index (χ0n) is 13.0. The Balaban J connectivity index is 1.92. The van der Waals surface area contributed by atoms with E-state index in [1.165, 1.54) is 11.6 Å². The fraction of sp³-hybridized carbons (Fsp3) is 0.389. The highest BCUT2D eigenvalue weighted by Crippen LogP contribution is 2.30. The van der Waals surface area contributed by atoms with E-state index in [1.54, 1.807) is 19.1 Å². The molecule has 118 valence electrons. The van der Waals surface area contributed by atoms with Gasteiger partial charge in [0.25, 0.3) is 0 Å². The maximum atomic E-state index is 11.4. The maximum Gasteiger partial charge on any atom is 0.334 e. The monoisotopic (exact) mass is 302 g/mol. The Bertz CT molecular complexity index is 562. The summed E-state index contributed by atoms with van der Waals surface area (Å²) in [5, 5.41) is 10.4. The Morgan fingerprint density at radius 1 is 1.41 bits per heavy atom. The fourth-order valence-electron chi connectivity index (χ4n) is 2.36. The Labute approximate surface area is 131 Å². The maximum absolute atomic E-state index is 11.4. The number of aliphatic hydroxyl groups is 1. The molecule has 2 rings (SSSR count). The number of carbonyl (C=O) groups is 1. The van der Waals surface area contributed by atoms with Crippen LogP contribution in [0.25, 0.3) is 0 Å². The minimum Gasteiger partial charge on any atom is -0.481 e. The molecule has 0 saturated carbocycles.